The lowest BCUT2D eigenvalue weighted by molar-refractivity contribution is -0.129. The van der Waals surface area contributed by atoms with Crippen LogP contribution in [0.15, 0.2) is 28.7 Å². The summed E-state index contributed by atoms with van der Waals surface area (Å²) in [4.78, 5) is 88.2. The summed E-state index contributed by atoms with van der Waals surface area (Å²) in [6.45, 7) is 0.371. The lowest BCUT2D eigenvalue weighted by Gasteiger charge is -2.17. The zero-order chi connectivity index (χ0) is 39.5. The first-order valence-electron chi connectivity index (χ1n) is 15.7. The molecule has 0 fully saturated rings. The highest BCUT2D eigenvalue weighted by atomic mass is 32.2. The topological polar surface area (TPSA) is 239 Å². The number of amides is 4. The van der Waals surface area contributed by atoms with E-state index < -0.39 is 15.7 Å². The smallest absolute Gasteiger partial charge is 0.283 e. The summed E-state index contributed by atoms with van der Waals surface area (Å²) in [7, 11) is 7.44. The number of rotatable bonds is 10. The molecular formula is C31H35N13O7S3. The number of nitrogens with one attached hydrogen (secondary N) is 1. The average molecular weight is 798 g/mol. The Kier molecular flexibility index (Phi) is 11.7. The normalized spacial score (nSPS) is 11.8. The lowest BCUT2D eigenvalue weighted by Crippen LogP contribution is -2.37. The number of likely N-dealkylation sites (N-methyl/N-ethyl adjacent to an activating group) is 4. The predicted octanol–water partition coefficient (Wildman–Crippen LogP) is 0.976. The Morgan fingerprint density at radius 3 is 1.87 bits per heavy atom. The minimum absolute atomic E-state index is 0.0436. The SMILES string of the molecule is CN(C)C(=O)CN(C)C(=O)c1nc2c(S(C)(=O)=O)ncnc2s1.COc1nc2c(cc1Nc1ncnc3sc(C(=O)N(C)CC(=O)N(C)C)nc13)C=NC2. The molecule has 0 saturated heterocycles. The minimum Gasteiger partial charge on any atom is -0.480 e. The monoisotopic (exact) mass is 797 g/mol. The molecule has 23 heteroatoms. The summed E-state index contributed by atoms with van der Waals surface area (Å²) < 4.78 is 28.8. The Morgan fingerprint density at radius 1 is 0.796 bits per heavy atom. The Balaban J connectivity index is 0.000000218. The number of ether oxygens (including phenoxy) is 1. The number of carbonyl (C=O) groups excluding carboxylic acids is 4. The zero-order valence-corrected chi connectivity index (χ0v) is 32.8. The van der Waals surface area contributed by atoms with Crippen LogP contribution in [0.5, 0.6) is 5.88 Å². The molecule has 0 aromatic carbocycles. The van der Waals surface area contributed by atoms with Crippen LogP contribution >= 0.6 is 22.7 Å². The minimum atomic E-state index is -3.58. The molecule has 0 spiro atoms. The molecule has 6 rings (SSSR count). The second-order valence-corrected chi connectivity index (χ2v) is 16.0. The number of thiazole rings is 2. The molecule has 0 bridgehead atoms. The maximum Gasteiger partial charge on any atom is 0.283 e. The largest absolute Gasteiger partial charge is 0.480 e. The predicted molar refractivity (Wildman–Crippen MR) is 200 cm³/mol. The van der Waals surface area contributed by atoms with Gasteiger partial charge in [0.15, 0.2) is 30.7 Å². The van der Waals surface area contributed by atoms with Crippen molar-refractivity contribution in [3.05, 3.63) is 40.0 Å². The number of hydrogen-bond donors (Lipinski definition) is 1. The van der Waals surface area contributed by atoms with Gasteiger partial charge in [0.2, 0.25) is 17.7 Å². The maximum absolute atomic E-state index is 12.8. The van der Waals surface area contributed by atoms with Crippen molar-refractivity contribution < 1.29 is 32.3 Å². The summed E-state index contributed by atoms with van der Waals surface area (Å²) in [5.74, 6) is -0.441. The van der Waals surface area contributed by atoms with E-state index in [1.54, 1.807) is 41.5 Å². The fourth-order valence-electron chi connectivity index (χ4n) is 4.58. The van der Waals surface area contributed by atoms with E-state index in [0.717, 1.165) is 46.5 Å². The Labute approximate surface area is 316 Å². The zero-order valence-electron chi connectivity index (χ0n) is 30.4. The number of anilines is 2. The number of pyridine rings is 1. The molecule has 0 unspecified atom stereocenters. The van der Waals surface area contributed by atoms with Gasteiger partial charge in [0.25, 0.3) is 11.8 Å². The Bertz CT molecular complexity index is 2410. The van der Waals surface area contributed by atoms with Gasteiger partial charge in [-0.25, -0.2) is 43.3 Å². The van der Waals surface area contributed by atoms with Gasteiger partial charge in [-0.05, 0) is 6.07 Å². The molecule has 54 heavy (non-hydrogen) atoms. The third-order valence-electron chi connectivity index (χ3n) is 7.53. The number of aromatic nitrogens is 7. The van der Waals surface area contributed by atoms with Gasteiger partial charge in [-0.15, -0.1) is 0 Å². The van der Waals surface area contributed by atoms with E-state index in [9.17, 15) is 27.6 Å². The van der Waals surface area contributed by atoms with Crippen molar-refractivity contribution in [3.8, 4) is 5.88 Å². The quantitative estimate of drug-likeness (QED) is 0.194. The third-order valence-corrected chi connectivity index (χ3v) is 10.4. The van der Waals surface area contributed by atoms with Crippen LogP contribution in [0, 0.1) is 0 Å². The van der Waals surface area contributed by atoms with Gasteiger partial charge >= 0.3 is 0 Å². The number of methoxy groups -OCH3 is 1. The maximum atomic E-state index is 12.8. The van der Waals surface area contributed by atoms with Crippen LogP contribution in [-0.4, -0.2) is 161 Å². The summed E-state index contributed by atoms with van der Waals surface area (Å²) in [5, 5.41) is 3.24. The second-order valence-electron chi connectivity index (χ2n) is 12.1. The molecule has 0 atom stereocenters. The van der Waals surface area contributed by atoms with Crippen LogP contribution in [-0.2, 0) is 26.0 Å². The number of carbonyl (C=O) groups is 4. The van der Waals surface area contributed by atoms with E-state index in [0.29, 0.717) is 39.1 Å². The van der Waals surface area contributed by atoms with E-state index in [4.69, 9.17) is 4.74 Å². The van der Waals surface area contributed by atoms with Crippen molar-refractivity contribution in [3.63, 3.8) is 0 Å². The molecule has 1 N–H and O–H groups in total. The standard InChI is InChI=1S/C19H20N8O3S.C12H15N5O4S2/c1-26(2)13(28)8-27(3)19(29)18-25-14-15(21-9-22-17(14)31-18)23-11-5-10-6-20-7-12(10)24-16(11)30-4;1-16(2)7(18)5-17(3)12(19)10-15-8-9(22-10)13-6-14-11(8)23(4,20)21/h5-6,9H,7-8H2,1-4H3,(H,21,22,23);6H,5H2,1-4H3. The molecule has 0 aliphatic carbocycles. The highest BCUT2D eigenvalue weighted by Gasteiger charge is 2.25. The van der Waals surface area contributed by atoms with Crippen LogP contribution in [0.4, 0.5) is 11.5 Å². The van der Waals surface area contributed by atoms with E-state index in [1.165, 1.54) is 40.1 Å². The van der Waals surface area contributed by atoms with Crippen molar-refractivity contribution >= 4 is 94.6 Å². The number of nitrogens with zero attached hydrogens (tertiary/aromatic N) is 12. The molecule has 1 aliphatic rings. The Morgan fingerprint density at radius 2 is 1.33 bits per heavy atom. The Hall–Kier alpha value is -5.81. The van der Waals surface area contributed by atoms with Gasteiger partial charge in [-0.3, -0.25) is 24.2 Å². The molecule has 284 valence electrons. The molecular weight excluding hydrogens is 763 g/mol. The van der Waals surface area contributed by atoms with Gasteiger partial charge in [0, 0.05) is 60.3 Å². The van der Waals surface area contributed by atoms with Gasteiger partial charge in [0.1, 0.15) is 39.0 Å². The first-order valence-corrected chi connectivity index (χ1v) is 19.2. The van der Waals surface area contributed by atoms with Crippen LogP contribution in [0.2, 0.25) is 0 Å². The molecule has 0 radical (unpaired) electrons. The molecule has 5 aromatic heterocycles. The first kappa shape index (κ1) is 39.4. The van der Waals surface area contributed by atoms with Gasteiger partial charge < -0.3 is 29.7 Å². The van der Waals surface area contributed by atoms with Crippen LogP contribution in [0.1, 0.15) is 30.9 Å². The summed E-state index contributed by atoms with van der Waals surface area (Å²) in [6, 6.07) is 1.88. The van der Waals surface area contributed by atoms with Crippen LogP contribution in [0.3, 0.4) is 0 Å². The molecule has 0 saturated carbocycles. The lowest BCUT2D eigenvalue weighted by atomic mass is 10.2. The molecule has 1 aliphatic heterocycles. The van der Waals surface area contributed by atoms with Crippen molar-refractivity contribution in [2.45, 2.75) is 11.6 Å². The molecule has 6 heterocycles. The first-order chi connectivity index (χ1) is 25.5. The van der Waals surface area contributed by atoms with Crippen LogP contribution < -0.4 is 10.1 Å². The van der Waals surface area contributed by atoms with Gasteiger partial charge in [-0.2, -0.15) is 0 Å². The van der Waals surface area contributed by atoms with Crippen molar-refractivity contribution in [2.24, 2.45) is 4.99 Å². The fourth-order valence-corrected chi connectivity index (χ4v) is 7.18. The van der Waals surface area contributed by atoms with Crippen LogP contribution in [0.25, 0.3) is 20.7 Å². The van der Waals surface area contributed by atoms with Crippen molar-refractivity contribution in [1.82, 2.24) is 54.5 Å². The molecule has 4 amide bonds. The number of sulfone groups is 1. The summed E-state index contributed by atoms with van der Waals surface area (Å²) >= 11 is 2.09. The van der Waals surface area contributed by atoms with E-state index in [1.807, 2.05) is 6.07 Å². The van der Waals surface area contributed by atoms with E-state index >= 15 is 0 Å². The van der Waals surface area contributed by atoms with Crippen molar-refractivity contribution in [2.75, 3.05) is 74.1 Å². The third kappa shape index (κ3) is 8.69. The second kappa shape index (κ2) is 16.1. The fraction of sp³-hybridized carbons (Fsp3) is 0.355. The highest BCUT2D eigenvalue weighted by Crippen LogP contribution is 2.32. The number of hydrogen-bond acceptors (Lipinski definition) is 18. The van der Waals surface area contributed by atoms with Gasteiger partial charge in [-0.1, -0.05) is 22.7 Å². The highest BCUT2D eigenvalue weighted by molar-refractivity contribution is 7.90. The summed E-state index contributed by atoms with van der Waals surface area (Å²) in [5.41, 5.74) is 2.85. The van der Waals surface area contributed by atoms with Crippen molar-refractivity contribution in [1.29, 1.82) is 0 Å². The number of fused-ring (bicyclic) bond motifs is 3. The van der Waals surface area contributed by atoms with E-state index in [-0.39, 0.29) is 51.4 Å². The molecule has 5 aromatic rings. The van der Waals surface area contributed by atoms with Gasteiger partial charge in [0.05, 0.1) is 32.4 Å². The van der Waals surface area contributed by atoms with E-state index in [2.05, 4.69) is 45.2 Å². The number of aliphatic imine (C=N–C) groups is 1. The average Bonchev–Trinajstić information content (AvgIpc) is 3.88. The molecule has 20 nitrogen and oxygen atoms in total. The summed E-state index contributed by atoms with van der Waals surface area (Å²) in [6.07, 6.45) is 5.28.